The van der Waals surface area contributed by atoms with Gasteiger partial charge in [-0.25, -0.2) is 15.0 Å². The Bertz CT molecular complexity index is 4030. The monoisotopic (exact) mass is 861 g/mol. The number of thioether (sulfide) groups is 1. The summed E-state index contributed by atoms with van der Waals surface area (Å²) in [6.45, 7) is 0. The van der Waals surface area contributed by atoms with Gasteiger partial charge in [-0.3, -0.25) is 9.13 Å². The van der Waals surface area contributed by atoms with Crippen LogP contribution in [0.2, 0.25) is 0 Å². The van der Waals surface area contributed by atoms with Gasteiger partial charge < -0.3 is 9.13 Å². The van der Waals surface area contributed by atoms with Crippen LogP contribution in [0.25, 0.3) is 110 Å². The average Bonchev–Trinajstić information content (AvgIpc) is 4.06. The molecule has 0 atom stereocenters. The molecule has 0 aliphatic heterocycles. The highest BCUT2D eigenvalue weighted by atomic mass is 32.3. The van der Waals surface area contributed by atoms with Crippen LogP contribution in [-0.4, -0.2) is 48.3 Å². The maximum absolute atomic E-state index is 5.77. The van der Waals surface area contributed by atoms with Crippen LogP contribution in [-0.2, 0) is 0 Å². The predicted molar refractivity (Wildman–Crippen MR) is 277 cm³/mol. The van der Waals surface area contributed by atoms with Gasteiger partial charge in [0.15, 0.2) is 0 Å². The molecule has 0 bridgehead atoms. The van der Waals surface area contributed by atoms with E-state index in [1.54, 1.807) is 11.8 Å². The Kier molecular flexibility index (Phi) is 8.12. The molecule has 8 aromatic carbocycles. The molecule has 0 aliphatic carbocycles. The Morgan fingerprint density at radius 3 is 1.28 bits per heavy atom. The number of benzene rings is 8. The molecule has 0 amide bonds. The molecule has 5 nitrogen and oxygen atoms in total. The summed E-state index contributed by atoms with van der Waals surface area (Å²) in [4.78, 5) is 8.41. The molecular weight excluding hydrogens is 819 g/mol. The number of fused-ring (bicyclic) bond motifs is 14. The maximum atomic E-state index is 5.77. The first kappa shape index (κ1) is 37.4. The Labute approximate surface area is 376 Å². The molecule has 0 N–H and O–H groups in total. The second-order valence-electron chi connectivity index (χ2n) is 17.5. The summed E-state index contributed by atoms with van der Waals surface area (Å²) in [6.07, 6.45) is 9.29. The zero-order valence-electron chi connectivity index (χ0n) is 36.0. The number of hydrogen-bond donors (Lipinski definition) is 0. The molecule has 308 valence electrons. The van der Waals surface area contributed by atoms with Crippen molar-refractivity contribution in [3.8, 4) is 23.0 Å². The molecule has 0 unspecified atom stereocenters. The largest absolute Gasteiger partial charge is 0.307 e. The minimum Gasteiger partial charge on any atom is -0.307 e. The third-order valence-electron chi connectivity index (χ3n) is 13.2. The summed E-state index contributed by atoms with van der Waals surface area (Å²) in [5, 5.41) is 9.76. The van der Waals surface area contributed by atoms with Gasteiger partial charge in [-0.1, -0.05) is 103 Å². The van der Waals surface area contributed by atoms with Gasteiger partial charge in [-0.05, 0) is 115 Å². The highest BCUT2D eigenvalue weighted by Gasteiger charge is 2.25. The second-order valence-corrected chi connectivity index (χ2v) is 22.5. The summed E-state index contributed by atoms with van der Waals surface area (Å²) in [6, 6.07) is 69.1. The van der Waals surface area contributed by atoms with Crippen LogP contribution in [0.5, 0.6) is 0 Å². The van der Waals surface area contributed by atoms with Crippen LogP contribution >= 0.6 is 21.8 Å². The van der Waals surface area contributed by atoms with Crippen molar-refractivity contribution in [2.75, 3.05) is 25.0 Å². The first-order valence-corrected chi connectivity index (χ1v) is 25.8. The minimum absolute atomic E-state index is 0.866. The van der Waals surface area contributed by atoms with E-state index in [1.807, 2.05) is 0 Å². The highest BCUT2D eigenvalue weighted by molar-refractivity contribution is 8.32. The second kappa shape index (κ2) is 13.9. The summed E-state index contributed by atoms with van der Waals surface area (Å²) in [5.41, 5.74) is 11.5. The fourth-order valence-corrected chi connectivity index (χ4v) is 11.8. The standard InChI is InChI=1S/C57H43N5S2/c1-63-38-26-32-50-46(34-38)44-30-28-42-40-20-11-13-22-48(40)61(56(42)54(44)59(50)36-16-7-5-8-17-36)52-24-15-25-53(58-52)62-49-23-14-12-21-41(49)43-29-31-45-47-35-39(64(2,3)4)27-33-51(47)60(55(45)57(43)62)37-18-9-6-10-19-37/h5-35H,1-4H3. The van der Waals surface area contributed by atoms with E-state index in [-0.39, 0.29) is 0 Å². The third kappa shape index (κ3) is 5.31. The van der Waals surface area contributed by atoms with Gasteiger partial charge in [0.25, 0.3) is 0 Å². The van der Waals surface area contributed by atoms with Gasteiger partial charge in [0.1, 0.15) is 11.6 Å². The van der Waals surface area contributed by atoms with Crippen LogP contribution in [0.4, 0.5) is 0 Å². The smallest absolute Gasteiger partial charge is 0.140 e. The molecule has 0 saturated carbocycles. The first-order chi connectivity index (χ1) is 31.4. The molecule has 5 aromatic heterocycles. The Morgan fingerprint density at radius 1 is 0.359 bits per heavy atom. The SMILES string of the molecule is CSc1ccc2c(c1)c1ccc3c4ccccc4n(-c4cccc(-n5c6ccccc6c6ccc7c8cc(S(C)(C)C)ccc8n(-c8ccccc8)c7c65)n4)c3c1n2-c1ccccc1. The summed E-state index contributed by atoms with van der Waals surface area (Å²) < 4.78 is 9.75. The normalized spacial score (nSPS) is 12.7. The molecular formula is C57H43N5S2. The number of nitrogens with zero attached hydrogens (tertiary/aromatic N) is 5. The van der Waals surface area contributed by atoms with E-state index >= 15 is 0 Å². The van der Waals surface area contributed by atoms with Crippen LogP contribution in [0.15, 0.2) is 198 Å². The van der Waals surface area contributed by atoms with Crippen LogP contribution in [0.3, 0.4) is 0 Å². The minimum atomic E-state index is -0.963. The van der Waals surface area contributed by atoms with Crippen molar-refractivity contribution >= 4 is 109 Å². The number of para-hydroxylation sites is 4. The van der Waals surface area contributed by atoms with Crippen molar-refractivity contribution in [1.82, 2.24) is 23.3 Å². The van der Waals surface area contributed by atoms with E-state index in [0.29, 0.717) is 0 Å². The van der Waals surface area contributed by atoms with E-state index in [0.717, 1.165) is 45.1 Å². The lowest BCUT2D eigenvalue weighted by atomic mass is 10.1. The zero-order valence-corrected chi connectivity index (χ0v) is 37.6. The van der Waals surface area contributed by atoms with Gasteiger partial charge in [0.05, 0.1) is 44.1 Å². The van der Waals surface area contributed by atoms with E-state index < -0.39 is 10.0 Å². The van der Waals surface area contributed by atoms with Gasteiger partial charge in [0, 0.05) is 59.4 Å². The van der Waals surface area contributed by atoms with E-state index in [9.17, 15) is 0 Å². The molecule has 5 heterocycles. The van der Waals surface area contributed by atoms with E-state index in [2.05, 4.69) is 231 Å². The van der Waals surface area contributed by atoms with E-state index in [4.69, 9.17) is 4.98 Å². The van der Waals surface area contributed by atoms with Crippen molar-refractivity contribution in [3.63, 3.8) is 0 Å². The molecule has 7 heteroatoms. The summed E-state index contributed by atoms with van der Waals surface area (Å²) in [7, 11) is -0.963. The molecule has 0 spiro atoms. The van der Waals surface area contributed by atoms with Crippen LogP contribution < -0.4 is 0 Å². The Balaban J connectivity index is 1.16. The quantitative estimate of drug-likeness (QED) is 0.156. The molecule has 13 rings (SSSR count). The molecule has 0 radical (unpaired) electrons. The van der Waals surface area contributed by atoms with Gasteiger partial charge >= 0.3 is 0 Å². The predicted octanol–water partition coefficient (Wildman–Crippen LogP) is 15.2. The van der Waals surface area contributed by atoms with Crippen molar-refractivity contribution in [2.24, 2.45) is 0 Å². The molecule has 64 heavy (non-hydrogen) atoms. The third-order valence-corrected chi connectivity index (χ3v) is 15.6. The lowest BCUT2D eigenvalue weighted by molar-refractivity contribution is 1.01. The molecule has 13 aromatic rings. The number of pyridine rings is 1. The summed E-state index contributed by atoms with van der Waals surface area (Å²) >= 11 is 1.78. The van der Waals surface area contributed by atoms with Crippen LogP contribution in [0.1, 0.15) is 0 Å². The van der Waals surface area contributed by atoms with Gasteiger partial charge in [0.2, 0.25) is 0 Å². The van der Waals surface area contributed by atoms with Crippen molar-refractivity contribution in [3.05, 3.63) is 188 Å². The van der Waals surface area contributed by atoms with Gasteiger partial charge in [-0.2, -0.15) is 0 Å². The molecule has 0 aliphatic rings. The number of aromatic nitrogens is 5. The molecule has 0 fully saturated rings. The average molecular weight is 862 g/mol. The lowest BCUT2D eigenvalue weighted by Crippen LogP contribution is -2.05. The van der Waals surface area contributed by atoms with E-state index in [1.165, 1.54) is 74.9 Å². The topological polar surface area (TPSA) is 32.6 Å². The van der Waals surface area contributed by atoms with Crippen molar-refractivity contribution in [2.45, 2.75) is 9.79 Å². The number of hydrogen-bond acceptors (Lipinski definition) is 2. The fraction of sp³-hybridized carbons (Fsp3) is 0.0702. The van der Waals surface area contributed by atoms with Crippen LogP contribution in [0, 0.1) is 0 Å². The van der Waals surface area contributed by atoms with Crippen molar-refractivity contribution < 1.29 is 0 Å². The highest BCUT2D eigenvalue weighted by Crippen LogP contribution is 2.49. The maximum Gasteiger partial charge on any atom is 0.140 e. The summed E-state index contributed by atoms with van der Waals surface area (Å²) in [5.74, 6) is 1.73. The van der Waals surface area contributed by atoms with Crippen molar-refractivity contribution in [1.29, 1.82) is 0 Å². The first-order valence-electron chi connectivity index (χ1n) is 21.7. The Hall–Kier alpha value is -7.19. The lowest BCUT2D eigenvalue weighted by Gasteiger charge is -2.25. The van der Waals surface area contributed by atoms with Gasteiger partial charge in [-0.15, -0.1) is 11.8 Å². The zero-order chi connectivity index (χ0) is 42.8. The number of rotatable bonds is 6. The Morgan fingerprint density at radius 2 is 0.781 bits per heavy atom. The fourth-order valence-electron chi connectivity index (χ4n) is 10.4. The molecule has 0 saturated heterocycles.